The summed E-state index contributed by atoms with van der Waals surface area (Å²) < 4.78 is 0.743. The molecule has 0 saturated carbocycles. The average Bonchev–Trinajstić information content (AvgIpc) is 2.41. The van der Waals surface area contributed by atoms with Gasteiger partial charge in [0.25, 0.3) is 5.69 Å². The van der Waals surface area contributed by atoms with Gasteiger partial charge in [-0.15, -0.1) is 0 Å². The second kappa shape index (κ2) is 6.00. The number of aromatic hydroxyl groups is 1. The van der Waals surface area contributed by atoms with Gasteiger partial charge in [0, 0.05) is 18.3 Å². The van der Waals surface area contributed by atoms with Gasteiger partial charge in [-0.3, -0.25) is 15.1 Å². The van der Waals surface area contributed by atoms with Crippen LogP contribution in [0.4, 0.5) is 11.4 Å². The largest absolute Gasteiger partial charge is 0.507 e. The highest BCUT2D eigenvalue weighted by Gasteiger charge is 2.07. The lowest BCUT2D eigenvalue weighted by Gasteiger charge is -2.01. The van der Waals surface area contributed by atoms with Crippen LogP contribution in [0.5, 0.6) is 5.75 Å². The van der Waals surface area contributed by atoms with Crippen molar-refractivity contribution < 1.29 is 10.0 Å². The van der Waals surface area contributed by atoms with Crippen molar-refractivity contribution in [3.05, 3.63) is 61.2 Å². The Kier molecular flexibility index (Phi) is 4.33. The number of aliphatic imine (C=N–C) groups is 1. The number of nitro benzene ring substituents is 1. The second-order valence-corrected chi connectivity index (χ2v) is 5.36. The minimum absolute atomic E-state index is 0.0561. The molecular weight excluding hydrogens is 371 g/mol. The lowest BCUT2D eigenvalue weighted by molar-refractivity contribution is -0.384. The second-order valence-electron chi connectivity index (χ2n) is 4.20. The van der Waals surface area contributed by atoms with E-state index in [0.717, 1.165) is 14.7 Å². The molecule has 0 aromatic heterocycles. The van der Waals surface area contributed by atoms with Gasteiger partial charge < -0.3 is 5.11 Å². The third kappa shape index (κ3) is 3.32. The topological polar surface area (TPSA) is 75.7 Å². The molecule has 0 radical (unpaired) electrons. The Morgan fingerprint density at radius 2 is 2.05 bits per heavy atom. The smallest absolute Gasteiger partial charge is 0.269 e. The summed E-state index contributed by atoms with van der Waals surface area (Å²) in [4.78, 5) is 14.5. The van der Waals surface area contributed by atoms with E-state index in [2.05, 4.69) is 4.99 Å². The molecule has 0 heterocycles. The summed E-state index contributed by atoms with van der Waals surface area (Å²) in [5.74, 6) is 0.231. The molecule has 0 saturated heterocycles. The Hall–Kier alpha value is -1.96. The van der Waals surface area contributed by atoms with E-state index in [-0.39, 0.29) is 11.4 Å². The van der Waals surface area contributed by atoms with E-state index in [0.29, 0.717) is 5.69 Å². The van der Waals surface area contributed by atoms with Crippen LogP contribution in [0.2, 0.25) is 0 Å². The first-order valence-electron chi connectivity index (χ1n) is 5.75. The summed E-state index contributed by atoms with van der Waals surface area (Å²) in [5.41, 5.74) is 2.33. The Morgan fingerprint density at radius 1 is 1.30 bits per heavy atom. The zero-order chi connectivity index (χ0) is 14.7. The van der Waals surface area contributed by atoms with Gasteiger partial charge in [-0.25, -0.2) is 0 Å². The van der Waals surface area contributed by atoms with E-state index < -0.39 is 4.92 Å². The Bertz CT molecular complexity index is 699. The third-order valence-corrected chi connectivity index (χ3v) is 3.58. The molecule has 0 atom stereocenters. The summed E-state index contributed by atoms with van der Waals surface area (Å²) in [5, 5.41) is 20.1. The first kappa shape index (κ1) is 14.4. The standard InChI is InChI=1S/C14H11IN2O3/c1-9-6-11(17(19)20)3-4-13(9)16-8-10-2-5-14(18)12(15)7-10/h2-8,18H,1H3. The third-order valence-electron chi connectivity index (χ3n) is 2.72. The number of benzene rings is 2. The van der Waals surface area contributed by atoms with Crippen LogP contribution >= 0.6 is 22.6 Å². The number of halogens is 1. The Labute approximate surface area is 129 Å². The lowest BCUT2D eigenvalue weighted by atomic mass is 10.2. The highest BCUT2D eigenvalue weighted by Crippen LogP contribution is 2.24. The minimum Gasteiger partial charge on any atom is -0.507 e. The molecule has 0 spiro atoms. The van der Waals surface area contributed by atoms with Crippen LogP contribution in [-0.2, 0) is 0 Å². The number of rotatable bonds is 3. The fourth-order valence-electron chi connectivity index (χ4n) is 1.65. The van der Waals surface area contributed by atoms with Gasteiger partial charge in [-0.05, 0) is 64.9 Å². The predicted octanol–water partition coefficient (Wildman–Crippen LogP) is 3.96. The first-order valence-corrected chi connectivity index (χ1v) is 6.83. The van der Waals surface area contributed by atoms with E-state index in [1.54, 1.807) is 37.4 Å². The Balaban J connectivity index is 2.27. The van der Waals surface area contributed by atoms with E-state index in [1.165, 1.54) is 12.1 Å². The molecule has 0 bridgehead atoms. The van der Waals surface area contributed by atoms with Crippen LogP contribution in [0, 0.1) is 20.6 Å². The van der Waals surface area contributed by atoms with Crippen molar-refractivity contribution in [2.24, 2.45) is 4.99 Å². The number of nitro groups is 1. The molecule has 5 nitrogen and oxygen atoms in total. The number of phenols is 1. The van der Waals surface area contributed by atoms with Crippen molar-refractivity contribution in [1.82, 2.24) is 0 Å². The molecule has 1 N–H and O–H groups in total. The van der Waals surface area contributed by atoms with Gasteiger partial charge in [-0.2, -0.15) is 0 Å². The number of phenolic OH excluding ortho intramolecular Hbond substituents is 1. The number of nitrogens with zero attached hydrogens (tertiary/aromatic N) is 2. The molecule has 0 aliphatic carbocycles. The fraction of sp³-hybridized carbons (Fsp3) is 0.0714. The van der Waals surface area contributed by atoms with Gasteiger partial charge >= 0.3 is 0 Å². The molecule has 0 unspecified atom stereocenters. The monoisotopic (exact) mass is 382 g/mol. The van der Waals surface area contributed by atoms with Crippen molar-refractivity contribution in [3.8, 4) is 5.75 Å². The number of hydrogen-bond donors (Lipinski definition) is 1. The first-order chi connectivity index (χ1) is 9.47. The van der Waals surface area contributed by atoms with Gasteiger partial charge in [0.1, 0.15) is 5.75 Å². The van der Waals surface area contributed by atoms with E-state index in [4.69, 9.17) is 0 Å². The number of aryl methyl sites for hydroxylation is 1. The molecule has 0 amide bonds. The zero-order valence-electron chi connectivity index (χ0n) is 10.6. The summed E-state index contributed by atoms with van der Waals surface area (Å²) in [6, 6.07) is 9.70. The molecule has 102 valence electrons. The quantitative estimate of drug-likeness (QED) is 0.378. The van der Waals surface area contributed by atoms with Crippen molar-refractivity contribution in [2.75, 3.05) is 0 Å². The van der Waals surface area contributed by atoms with E-state index in [9.17, 15) is 15.2 Å². The highest BCUT2D eigenvalue weighted by atomic mass is 127. The maximum atomic E-state index is 10.7. The summed E-state index contributed by atoms with van der Waals surface area (Å²) >= 11 is 2.04. The van der Waals surface area contributed by atoms with Crippen LogP contribution in [0.3, 0.4) is 0 Å². The molecule has 0 aliphatic rings. The van der Waals surface area contributed by atoms with Crippen LogP contribution in [0.15, 0.2) is 41.4 Å². The lowest BCUT2D eigenvalue weighted by Crippen LogP contribution is -1.88. The maximum Gasteiger partial charge on any atom is 0.269 e. The summed E-state index contributed by atoms with van der Waals surface area (Å²) in [6.07, 6.45) is 1.66. The normalized spacial score (nSPS) is 10.9. The van der Waals surface area contributed by atoms with E-state index >= 15 is 0 Å². The molecular formula is C14H11IN2O3. The van der Waals surface area contributed by atoms with Crippen LogP contribution in [0.1, 0.15) is 11.1 Å². The molecule has 0 aliphatic heterocycles. The average molecular weight is 382 g/mol. The number of non-ortho nitro benzene ring substituents is 1. The maximum absolute atomic E-state index is 10.7. The van der Waals surface area contributed by atoms with Crippen LogP contribution in [-0.4, -0.2) is 16.2 Å². The van der Waals surface area contributed by atoms with Crippen molar-refractivity contribution >= 4 is 40.2 Å². The SMILES string of the molecule is Cc1cc([N+](=O)[O-])ccc1N=Cc1ccc(O)c(I)c1. The van der Waals surface area contributed by atoms with Gasteiger partial charge in [0.2, 0.25) is 0 Å². The van der Waals surface area contributed by atoms with Crippen molar-refractivity contribution in [2.45, 2.75) is 6.92 Å². The fourth-order valence-corrected chi connectivity index (χ4v) is 2.18. The molecule has 20 heavy (non-hydrogen) atoms. The molecule has 2 rings (SSSR count). The Morgan fingerprint density at radius 3 is 2.65 bits per heavy atom. The van der Waals surface area contributed by atoms with Crippen LogP contribution in [0.25, 0.3) is 0 Å². The summed E-state index contributed by atoms with van der Waals surface area (Å²) in [6.45, 7) is 1.78. The van der Waals surface area contributed by atoms with E-state index in [1.807, 2.05) is 22.6 Å². The molecule has 6 heteroatoms. The minimum atomic E-state index is -0.428. The molecule has 2 aromatic carbocycles. The molecule has 2 aromatic rings. The predicted molar refractivity (Wildman–Crippen MR) is 85.9 cm³/mol. The number of hydrogen-bond acceptors (Lipinski definition) is 4. The van der Waals surface area contributed by atoms with Crippen molar-refractivity contribution in [3.63, 3.8) is 0 Å². The highest BCUT2D eigenvalue weighted by molar-refractivity contribution is 14.1. The van der Waals surface area contributed by atoms with Gasteiger partial charge in [0.05, 0.1) is 14.2 Å². The van der Waals surface area contributed by atoms with Crippen molar-refractivity contribution in [1.29, 1.82) is 0 Å². The van der Waals surface area contributed by atoms with Crippen LogP contribution < -0.4 is 0 Å². The van der Waals surface area contributed by atoms with Gasteiger partial charge in [-0.1, -0.05) is 0 Å². The molecule has 0 fully saturated rings. The summed E-state index contributed by atoms with van der Waals surface area (Å²) in [7, 11) is 0. The van der Waals surface area contributed by atoms with Gasteiger partial charge in [0.15, 0.2) is 0 Å². The zero-order valence-corrected chi connectivity index (χ0v) is 12.7.